The number of carbonyl (C=O) groups excluding carboxylic acids is 3. The Morgan fingerprint density at radius 2 is 1.42 bits per heavy atom. The van der Waals surface area contributed by atoms with E-state index in [0.29, 0.717) is 16.8 Å². The van der Waals surface area contributed by atoms with Gasteiger partial charge in [-0.25, -0.2) is 0 Å². The lowest BCUT2D eigenvalue weighted by Crippen LogP contribution is -2.31. The van der Waals surface area contributed by atoms with Crippen molar-refractivity contribution in [1.29, 1.82) is 0 Å². The number of rotatable bonds is 7. The molecule has 2 N–H and O–H groups in total. The van der Waals surface area contributed by atoms with Crippen molar-refractivity contribution in [1.82, 2.24) is 4.90 Å². The Hall–Kier alpha value is -4.19. The second-order valence-electron chi connectivity index (χ2n) is 7.87. The monoisotopic (exact) mass is 439 g/mol. The van der Waals surface area contributed by atoms with Gasteiger partial charge in [0, 0.05) is 18.3 Å². The third kappa shape index (κ3) is 4.85. The van der Waals surface area contributed by atoms with E-state index in [1.807, 2.05) is 54.6 Å². The predicted molar refractivity (Wildman–Crippen MR) is 129 cm³/mol. The Morgan fingerprint density at radius 1 is 0.788 bits per heavy atom. The van der Waals surface area contributed by atoms with Gasteiger partial charge in [-0.3, -0.25) is 19.3 Å². The Balaban J connectivity index is 1.70. The highest BCUT2D eigenvalue weighted by molar-refractivity contribution is 6.36. The van der Waals surface area contributed by atoms with Gasteiger partial charge in [0.25, 0.3) is 11.8 Å². The van der Waals surface area contributed by atoms with Crippen molar-refractivity contribution in [2.24, 2.45) is 0 Å². The Labute approximate surface area is 192 Å². The Morgan fingerprint density at radius 3 is 2.03 bits per heavy atom. The van der Waals surface area contributed by atoms with Crippen LogP contribution in [0.4, 0.5) is 11.4 Å². The zero-order valence-corrected chi connectivity index (χ0v) is 18.6. The van der Waals surface area contributed by atoms with Crippen LogP contribution in [0.3, 0.4) is 0 Å². The minimum absolute atomic E-state index is 0.180. The van der Waals surface area contributed by atoms with Gasteiger partial charge in [-0.2, -0.15) is 0 Å². The maximum Gasteiger partial charge on any atom is 0.278 e. The fraction of sp³-hybridized carbons (Fsp3) is 0.148. The molecule has 1 heterocycles. The van der Waals surface area contributed by atoms with E-state index < -0.39 is 0 Å². The molecule has 0 saturated carbocycles. The molecule has 0 unspecified atom stereocenters. The second-order valence-corrected chi connectivity index (χ2v) is 7.87. The number of carbonyl (C=O) groups is 3. The summed E-state index contributed by atoms with van der Waals surface area (Å²) >= 11 is 0. The molecular formula is C27H25N3O3. The van der Waals surface area contributed by atoms with Gasteiger partial charge in [0.15, 0.2) is 0 Å². The third-order valence-corrected chi connectivity index (χ3v) is 5.48. The van der Waals surface area contributed by atoms with Gasteiger partial charge in [0.2, 0.25) is 5.91 Å². The van der Waals surface area contributed by atoms with Crippen LogP contribution >= 0.6 is 0 Å². The van der Waals surface area contributed by atoms with E-state index in [9.17, 15) is 14.4 Å². The molecule has 3 amide bonds. The fourth-order valence-corrected chi connectivity index (χ4v) is 3.76. The minimum atomic E-state index is -0.371. The van der Waals surface area contributed by atoms with Crippen LogP contribution in [-0.4, -0.2) is 22.6 Å². The van der Waals surface area contributed by atoms with E-state index in [2.05, 4.69) is 17.6 Å². The van der Waals surface area contributed by atoms with Crippen LogP contribution in [0.25, 0.3) is 5.57 Å². The van der Waals surface area contributed by atoms with Gasteiger partial charge in [-0.05, 0) is 47.4 Å². The van der Waals surface area contributed by atoms with Gasteiger partial charge in [-0.15, -0.1) is 0 Å². The molecule has 6 nitrogen and oxygen atoms in total. The molecule has 1 aliphatic rings. The Kier molecular flexibility index (Phi) is 6.36. The maximum atomic E-state index is 13.4. The Bertz CT molecular complexity index is 1210. The summed E-state index contributed by atoms with van der Waals surface area (Å²) in [6.45, 7) is 3.70. The number of imide groups is 1. The number of amides is 3. The van der Waals surface area contributed by atoms with Gasteiger partial charge in [0.1, 0.15) is 5.70 Å². The average Bonchev–Trinajstić information content (AvgIpc) is 3.05. The highest BCUT2D eigenvalue weighted by atomic mass is 16.2. The highest BCUT2D eigenvalue weighted by Gasteiger charge is 2.39. The first-order valence-corrected chi connectivity index (χ1v) is 10.8. The summed E-state index contributed by atoms with van der Waals surface area (Å²) < 4.78 is 0. The lowest BCUT2D eigenvalue weighted by molar-refractivity contribution is -0.137. The molecule has 4 rings (SSSR count). The molecule has 0 radical (unpaired) electrons. The topological polar surface area (TPSA) is 78.5 Å². The molecule has 6 heteroatoms. The van der Waals surface area contributed by atoms with Gasteiger partial charge in [0.05, 0.1) is 12.1 Å². The summed E-state index contributed by atoms with van der Waals surface area (Å²) in [6.07, 6.45) is 0.914. The molecule has 3 aromatic carbocycles. The van der Waals surface area contributed by atoms with Crippen molar-refractivity contribution in [3.63, 3.8) is 0 Å². The molecule has 0 bridgehead atoms. The number of anilines is 2. The molecule has 0 spiro atoms. The summed E-state index contributed by atoms with van der Waals surface area (Å²) in [7, 11) is 0. The van der Waals surface area contributed by atoms with Crippen LogP contribution in [0.15, 0.2) is 84.6 Å². The van der Waals surface area contributed by atoms with Crippen LogP contribution < -0.4 is 10.6 Å². The maximum absolute atomic E-state index is 13.4. The average molecular weight is 440 g/mol. The van der Waals surface area contributed by atoms with Crippen molar-refractivity contribution in [3.05, 3.63) is 101 Å². The number of benzene rings is 3. The van der Waals surface area contributed by atoms with Crippen LogP contribution in [-0.2, 0) is 27.3 Å². The molecule has 0 atom stereocenters. The van der Waals surface area contributed by atoms with Crippen LogP contribution in [0, 0.1) is 0 Å². The van der Waals surface area contributed by atoms with Crippen molar-refractivity contribution in [2.75, 3.05) is 10.6 Å². The lowest BCUT2D eigenvalue weighted by atomic mass is 10.0. The normalized spacial score (nSPS) is 13.5. The van der Waals surface area contributed by atoms with Crippen molar-refractivity contribution >= 4 is 34.7 Å². The minimum Gasteiger partial charge on any atom is -0.350 e. The van der Waals surface area contributed by atoms with E-state index in [0.717, 1.165) is 17.7 Å². The van der Waals surface area contributed by atoms with Crippen molar-refractivity contribution < 1.29 is 14.4 Å². The number of nitrogens with zero attached hydrogens (tertiary/aromatic N) is 1. The number of aryl methyl sites for hydroxylation is 1. The number of hydrogen-bond acceptors (Lipinski definition) is 4. The van der Waals surface area contributed by atoms with Gasteiger partial charge < -0.3 is 10.6 Å². The smallest absolute Gasteiger partial charge is 0.278 e. The van der Waals surface area contributed by atoms with Crippen molar-refractivity contribution in [2.45, 2.75) is 26.8 Å². The zero-order valence-electron chi connectivity index (χ0n) is 18.6. The van der Waals surface area contributed by atoms with E-state index in [-0.39, 0.29) is 30.0 Å². The summed E-state index contributed by atoms with van der Waals surface area (Å²) in [5.74, 6) is -0.908. The predicted octanol–water partition coefficient (Wildman–Crippen LogP) is 4.60. The summed E-state index contributed by atoms with van der Waals surface area (Å²) in [6, 6.07) is 24.1. The standard InChI is InChI=1S/C27H25N3O3/c1-3-19-9-13-23(14-10-19)29-25-24(21-11-15-22(16-12-21)28-18(2)31)26(32)30(27(25)33)17-20-7-5-4-6-8-20/h4-16,29H,3,17H2,1-2H3,(H,28,31). The molecule has 0 fully saturated rings. The lowest BCUT2D eigenvalue weighted by Gasteiger charge is -2.15. The molecular weight excluding hydrogens is 414 g/mol. The van der Waals surface area contributed by atoms with Gasteiger partial charge in [-0.1, -0.05) is 61.5 Å². The summed E-state index contributed by atoms with van der Waals surface area (Å²) in [4.78, 5) is 39.4. The molecule has 0 aromatic heterocycles. The largest absolute Gasteiger partial charge is 0.350 e. The first-order valence-electron chi connectivity index (χ1n) is 10.8. The van der Waals surface area contributed by atoms with Crippen LogP contribution in [0.5, 0.6) is 0 Å². The van der Waals surface area contributed by atoms with E-state index in [1.54, 1.807) is 24.3 Å². The first kappa shape index (κ1) is 22.0. The molecule has 33 heavy (non-hydrogen) atoms. The van der Waals surface area contributed by atoms with Crippen molar-refractivity contribution in [3.8, 4) is 0 Å². The van der Waals surface area contributed by atoms with E-state index in [4.69, 9.17) is 0 Å². The number of hydrogen-bond donors (Lipinski definition) is 2. The first-order chi connectivity index (χ1) is 16.0. The quantitative estimate of drug-likeness (QED) is 0.528. The van der Waals surface area contributed by atoms with E-state index >= 15 is 0 Å². The van der Waals surface area contributed by atoms with E-state index in [1.165, 1.54) is 17.4 Å². The zero-order chi connectivity index (χ0) is 23.4. The molecule has 1 aliphatic heterocycles. The third-order valence-electron chi connectivity index (χ3n) is 5.48. The second kappa shape index (κ2) is 9.53. The summed E-state index contributed by atoms with van der Waals surface area (Å²) in [5.41, 5.74) is 4.56. The summed E-state index contributed by atoms with van der Waals surface area (Å²) in [5, 5.41) is 5.89. The highest BCUT2D eigenvalue weighted by Crippen LogP contribution is 2.32. The van der Waals surface area contributed by atoms with Crippen LogP contribution in [0.1, 0.15) is 30.5 Å². The fourth-order valence-electron chi connectivity index (χ4n) is 3.76. The SMILES string of the molecule is CCc1ccc(NC2=C(c3ccc(NC(C)=O)cc3)C(=O)N(Cc3ccccc3)C2=O)cc1. The molecule has 166 valence electrons. The number of nitrogens with one attached hydrogen (secondary N) is 2. The van der Waals surface area contributed by atoms with Gasteiger partial charge >= 0.3 is 0 Å². The molecule has 3 aromatic rings. The van der Waals surface area contributed by atoms with Crippen LogP contribution in [0.2, 0.25) is 0 Å². The molecule has 0 saturated heterocycles. The molecule has 0 aliphatic carbocycles.